The van der Waals surface area contributed by atoms with E-state index >= 15 is 0 Å². The molecule has 2 rings (SSSR count). The second kappa shape index (κ2) is 6.60. The minimum atomic E-state index is 0.0382. The first-order chi connectivity index (χ1) is 10.2. The lowest BCUT2D eigenvalue weighted by atomic mass is 9.92. The van der Waals surface area contributed by atoms with Gasteiger partial charge in [-0.15, -0.1) is 0 Å². The molecule has 122 valence electrons. The first-order valence-corrected chi connectivity index (χ1v) is 7.80. The third kappa shape index (κ3) is 4.66. The fourth-order valence-electron chi connectivity index (χ4n) is 2.74. The highest BCUT2D eigenvalue weighted by Gasteiger charge is 2.30. The van der Waals surface area contributed by atoms with Crippen LogP contribution in [0.3, 0.4) is 0 Å². The van der Waals surface area contributed by atoms with Crippen LogP contribution in [0.2, 0.25) is 0 Å². The molecule has 1 atom stereocenters. The van der Waals surface area contributed by atoms with Gasteiger partial charge in [0.25, 0.3) is 0 Å². The molecule has 1 fully saturated rings. The van der Waals surface area contributed by atoms with E-state index in [2.05, 4.69) is 42.7 Å². The number of likely N-dealkylation sites (tertiary alicyclic amines) is 1. The van der Waals surface area contributed by atoms with Gasteiger partial charge in [-0.05, 0) is 24.9 Å². The Morgan fingerprint density at radius 1 is 1.50 bits per heavy atom. The molecule has 1 aromatic heterocycles. The number of nitrogens with zero attached hydrogens (tertiary/aromatic N) is 4. The van der Waals surface area contributed by atoms with E-state index in [1.807, 2.05) is 4.90 Å². The third-order valence-corrected chi connectivity index (χ3v) is 3.94. The van der Waals surface area contributed by atoms with Crippen molar-refractivity contribution in [2.45, 2.75) is 46.2 Å². The van der Waals surface area contributed by atoms with Crippen molar-refractivity contribution in [3.8, 4) is 0 Å². The highest BCUT2D eigenvalue weighted by atomic mass is 16.2. The number of amides is 1. The summed E-state index contributed by atoms with van der Waals surface area (Å²) in [5, 5.41) is 0. The van der Waals surface area contributed by atoms with Crippen LogP contribution in [0.5, 0.6) is 0 Å². The summed E-state index contributed by atoms with van der Waals surface area (Å²) in [7, 11) is 2.05. The van der Waals surface area contributed by atoms with Crippen LogP contribution in [0.4, 0.5) is 5.82 Å². The molecule has 2 heterocycles. The molecule has 1 aliphatic heterocycles. The largest absolute Gasteiger partial charge is 0.384 e. The van der Waals surface area contributed by atoms with Gasteiger partial charge in [0, 0.05) is 31.7 Å². The quantitative estimate of drug-likeness (QED) is 0.913. The predicted octanol–water partition coefficient (Wildman–Crippen LogP) is 1.53. The summed E-state index contributed by atoms with van der Waals surface area (Å²) in [5.74, 6) is 1.47. The Balaban J connectivity index is 1.88. The zero-order valence-electron chi connectivity index (χ0n) is 14.0. The van der Waals surface area contributed by atoms with Gasteiger partial charge in [0.1, 0.15) is 11.6 Å². The number of aromatic nitrogens is 2. The summed E-state index contributed by atoms with van der Waals surface area (Å²) in [6, 6.07) is 2.04. The maximum Gasteiger partial charge on any atom is 0.223 e. The third-order valence-electron chi connectivity index (χ3n) is 3.94. The number of hydrogen-bond donors (Lipinski definition) is 1. The molecule has 1 saturated heterocycles. The fourth-order valence-corrected chi connectivity index (χ4v) is 2.74. The lowest BCUT2D eigenvalue weighted by molar-refractivity contribution is -0.132. The van der Waals surface area contributed by atoms with Gasteiger partial charge >= 0.3 is 0 Å². The van der Waals surface area contributed by atoms with Gasteiger partial charge in [-0.2, -0.15) is 0 Å². The van der Waals surface area contributed by atoms with E-state index in [-0.39, 0.29) is 11.3 Å². The molecule has 0 saturated carbocycles. The molecular formula is C16H27N5O. The fraction of sp³-hybridized carbons (Fsp3) is 0.688. The molecule has 1 aromatic rings. The summed E-state index contributed by atoms with van der Waals surface area (Å²) in [6.07, 6.45) is 3.27. The summed E-state index contributed by atoms with van der Waals surface area (Å²) in [5.41, 5.74) is 5.72. The lowest BCUT2D eigenvalue weighted by Gasteiger charge is -2.25. The highest BCUT2D eigenvalue weighted by molar-refractivity contribution is 5.77. The second-order valence-corrected chi connectivity index (χ2v) is 7.33. The van der Waals surface area contributed by atoms with Crippen LogP contribution in [0.1, 0.15) is 39.4 Å². The molecule has 1 amide bonds. The van der Waals surface area contributed by atoms with Gasteiger partial charge in [0.15, 0.2) is 0 Å². The monoisotopic (exact) mass is 305 g/mol. The number of anilines is 1. The van der Waals surface area contributed by atoms with E-state index in [0.29, 0.717) is 24.8 Å². The zero-order valence-corrected chi connectivity index (χ0v) is 14.0. The molecule has 22 heavy (non-hydrogen) atoms. The molecular weight excluding hydrogens is 278 g/mol. The van der Waals surface area contributed by atoms with Crippen LogP contribution in [-0.4, -0.2) is 51.9 Å². The van der Waals surface area contributed by atoms with E-state index in [4.69, 9.17) is 5.73 Å². The van der Waals surface area contributed by atoms with Crippen LogP contribution in [-0.2, 0) is 11.3 Å². The van der Waals surface area contributed by atoms with Crippen molar-refractivity contribution in [2.75, 3.05) is 25.9 Å². The van der Waals surface area contributed by atoms with Crippen LogP contribution in [0.15, 0.2) is 12.3 Å². The van der Waals surface area contributed by atoms with Crippen LogP contribution in [0, 0.1) is 5.41 Å². The van der Waals surface area contributed by atoms with Gasteiger partial charge in [0.05, 0.1) is 6.54 Å². The lowest BCUT2D eigenvalue weighted by Crippen LogP contribution is -2.37. The number of rotatable bonds is 4. The molecule has 0 unspecified atom stereocenters. The number of carbonyl (C=O) groups excluding carboxylic acids is 1. The molecule has 6 nitrogen and oxygen atoms in total. The minimum absolute atomic E-state index is 0.0382. The van der Waals surface area contributed by atoms with Crippen molar-refractivity contribution in [1.82, 2.24) is 19.8 Å². The SMILES string of the molecule is CN(Cc1nccc(N)n1)[C@H]1CCN(C(=O)CC(C)(C)C)C1. The molecule has 6 heteroatoms. The molecule has 0 bridgehead atoms. The minimum Gasteiger partial charge on any atom is -0.384 e. The zero-order chi connectivity index (χ0) is 16.3. The highest BCUT2D eigenvalue weighted by Crippen LogP contribution is 2.23. The topological polar surface area (TPSA) is 75.4 Å². The van der Waals surface area contributed by atoms with E-state index in [1.54, 1.807) is 12.3 Å². The molecule has 0 aliphatic carbocycles. The Bertz CT molecular complexity index is 526. The molecule has 2 N–H and O–H groups in total. The average molecular weight is 305 g/mol. The maximum atomic E-state index is 12.3. The number of hydrogen-bond acceptors (Lipinski definition) is 5. The Hall–Kier alpha value is -1.69. The first-order valence-electron chi connectivity index (χ1n) is 7.80. The van der Waals surface area contributed by atoms with E-state index in [9.17, 15) is 4.79 Å². The van der Waals surface area contributed by atoms with Crippen molar-refractivity contribution in [3.63, 3.8) is 0 Å². The van der Waals surface area contributed by atoms with Crippen molar-refractivity contribution >= 4 is 11.7 Å². The summed E-state index contributed by atoms with van der Waals surface area (Å²) < 4.78 is 0. The Morgan fingerprint density at radius 3 is 2.86 bits per heavy atom. The molecule has 0 spiro atoms. The first kappa shape index (κ1) is 16.7. The van der Waals surface area contributed by atoms with Crippen LogP contribution in [0.25, 0.3) is 0 Å². The van der Waals surface area contributed by atoms with Crippen molar-refractivity contribution in [2.24, 2.45) is 5.41 Å². The van der Waals surface area contributed by atoms with Gasteiger partial charge in [-0.3, -0.25) is 9.69 Å². The van der Waals surface area contributed by atoms with Crippen LogP contribution < -0.4 is 5.73 Å². The maximum absolute atomic E-state index is 12.3. The standard InChI is InChI=1S/C16H27N5O/c1-16(2,3)9-15(22)21-8-6-12(10-21)20(4)11-14-18-7-5-13(17)19-14/h5,7,12H,6,8-11H2,1-4H3,(H2,17,18,19)/t12-/m0/s1. The average Bonchev–Trinajstić information content (AvgIpc) is 2.86. The van der Waals surface area contributed by atoms with Gasteiger partial charge in [0.2, 0.25) is 5.91 Å². The van der Waals surface area contributed by atoms with Gasteiger partial charge < -0.3 is 10.6 Å². The van der Waals surface area contributed by atoms with Gasteiger partial charge in [-0.1, -0.05) is 20.8 Å². The summed E-state index contributed by atoms with van der Waals surface area (Å²) in [6.45, 7) is 8.57. The Labute approximate surface area is 132 Å². The van der Waals surface area contributed by atoms with E-state index < -0.39 is 0 Å². The van der Waals surface area contributed by atoms with Crippen molar-refractivity contribution in [1.29, 1.82) is 0 Å². The van der Waals surface area contributed by atoms with Crippen LogP contribution >= 0.6 is 0 Å². The number of nitrogen functional groups attached to an aromatic ring is 1. The normalized spacial score (nSPS) is 19.0. The van der Waals surface area contributed by atoms with Crippen molar-refractivity contribution in [3.05, 3.63) is 18.1 Å². The van der Waals surface area contributed by atoms with Crippen molar-refractivity contribution < 1.29 is 4.79 Å². The number of carbonyl (C=O) groups is 1. The van der Waals surface area contributed by atoms with E-state index in [0.717, 1.165) is 25.3 Å². The smallest absolute Gasteiger partial charge is 0.223 e. The second-order valence-electron chi connectivity index (χ2n) is 7.33. The molecule has 1 aliphatic rings. The Morgan fingerprint density at radius 2 is 2.23 bits per heavy atom. The Kier molecular flexibility index (Phi) is 5.01. The number of nitrogens with two attached hydrogens (primary N) is 1. The number of likely N-dealkylation sites (N-methyl/N-ethyl adjacent to an activating group) is 1. The predicted molar refractivity (Wildman–Crippen MR) is 87.0 cm³/mol. The van der Waals surface area contributed by atoms with E-state index in [1.165, 1.54) is 0 Å². The molecule has 0 aromatic carbocycles. The molecule has 0 radical (unpaired) electrons. The summed E-state index contributed by atoms with van der Waals surface area (Å²) >= 11 is 0. The van der Waals surface area contributed by atoms with Gasteiger partial charge in [-0.25, -0.2) is 9.97 Å². The summed E-state index contributed by atoms with van der Waals surface area (Å²) in [4.78, 5) is 25.0.